The molecule has 0 atom stereocenters. The Morgan fingerprint density at radius 1 is 1.12 bits per heavy atom. The van der Waals surface area contributed by atoms with E-state index in [2.05, 4.69) is 9.97 Å². The van der Waals surface area contributed by atoms with Crippen molar-refractivity contribution in [2.24, 2.45) is 0 Å². The van der Waals surface area contributed by atoms with Crippen LogP contribution in [-0.2, 0) is 16.4 Å². The summed E-state index contributed by atoms with van der Waals surface area (Å²) in [5.41, 5.74) is 2.10. The van der Waals surface area contributed by atoms with Crippen molar-refractivity contribution in [3.05, 3.63) is 47.8 Å². The third-order valence-electron chi connectivity index (χ3n) is 4.42. The van der Waals surface area contributed by atoms with Gasteiger partial charge in [0, 0.05) is 25.5 Å². The fourth-order valence-electron chi connectivity index (χ4n) is 2.79. The molecule has 0 radical (unpaired) electrons. The minimum Gasteiger partial charge on any atom is -0.460 e. The fourth-order valence-corrected chi connectivity index (χ4v) is 4.25. The summed E-state index contributed by atoms with van der Waals surface area (Å²) >= 11 is 0. The third-order valence-corrected chi connectivity index (χ3v) is 6.33. The van der Waals surface area contributed by atoms with Gasteiger partial charge in [-0.3, -0.25) is 0 Å². The van der Waals surface area contributed by atoms with Gasteiger partial charge in [0.15, 0.2) is 0 Å². The molecule has 1 saturated heterocycles. The Balaban J connectivity index is 1.60. The van der Waals surface area contributed by atoms with Crippen LogP contribution in [0.15, 0.2) is 41.6 Å². The van der Waals surface area contributed by atoms with Gasteiger partial charge in [0.05, 0.1) is 4.90 Å². The predicted molar refractivity (Wildman–Crippen MR) is 95.0 cm³/mol. The Bertz CT molecular complexity index is 796. The molecule has 1 aromatic heterocycles. The average molecular weight is 361 g/mol. The number of benzene rings is 1. The number of hydrogen-bond acceptors (Lipinski definition) is 5. The number of hydrogen-bond donors (Lipinski definition) is 0. The lowest BCUT2D eigenvalue weighted by molar-refractivity contribution is 0.124. The molecule has 0 aliphatic carbocycles. The minimum absolute atomic E-state index is 0.0584. The van der Waals surface area contributed by atoms with Crippen molar-refractivity contribution in [3.63, 3.8) is 0 Å². The molecule has 0 saturated carbocycles. The molecule has 1 aliphatic heterocycles. The van der Waals surface area contributed by atoms with E-state index in [9.17, 15) is 8.42 Å². The van der Waals surface area contributed by atoms with Crippen molar-refractivity contribution in [1.82, 2.24) is 14.3 Å². The minimum atomic E-state index is -3.44. The van der Waals surface area contributed by atoms with E-state index < -0.39 is 10.0 Å². The van der Waals surface area contributed by atoms with Crippen molar-refractivity contribution in [2.75, 3.05) is 13.1 Å². The molecule has 134 valence electrons. The topological polar surface area (TPSA) is 72.4 Å². The Hall–Kier alpha value is -1.99. The first-order valence-electron chi connectivity index (χ1n) is 8.53. The summed E-state index contributed by atoms with van der Waals surface area (Å²) in [5.74, 6) is 0. The van der Waals surface area contributed by atoms with Crippen LogP contribution in [0.25, 0.3) is 0 Å². The number of aryl methyl sites for hydroxylation is 2. The number of aromatic nitrogens is 2. The van der Waals surface area contributed by atoms with E-state index in [-0.39, 0.29) is 6.10 Å². The van der Waals surface area contributed by atoms with Gasteiger partial charge in [-0.05, 0) is 43.9 Å². The van der Waals surface area contributed by atoms with E-state index in [1.54, 1.807) is 24.5 Å². The number of piperidine rings is 1. The summed E-state index contributed by atoms with van der Waals surface area (Å²) in [6, 6.07) is 7.32. The molecule has 1 aromatic carbocycles. The van der Waals surface area contributed by atoms with E-state index in [0.29, 0.717) is 36.8 Å². The van der Waals surface area contributed by atoms with E-state index in [0.717, 1.165) is 17.5 Å². The zero-order chi connectivity index (χ0) is 17.9. The summed E-state index contributed by atoms with van der Waals surface area (Å²) in [6.45, 7) is 4.86. The first-order chi connectivity index (χ1) is 12.0. The van der Waals surface area contributed by atoms with Crippen LogP contribution in [0.4, 0.5) is 0 Å². The molecule has 25 heavy (non-hydrogen) atoms. The van der Waals surface area contributed by atoms with E-state index in [4.69, 9.17) is 4.74 Å². The maximum atomic E-state index is 12.7. The van der Waals surface area contributed by atoms with Crippen molar-refractivity contribution in [1.29, 1.82) is 0 Å². The zero-order valence-electron chi connectivity index (χ0n) is 14.6. The van der Waals surface area contributed by atoms with Crippen molar-refractivity contribution < 1.29 is 13.2 Å². The summed E-state index contributed by atoms with van der Waals surface area (Å²) in [7, 11) is -3.44. The normalized spacial score (nSPS) is 16.7. The summed E-state index contributed by atoms with van der Waals surface area (Å²) in [6.07, 6.45) is 5.61. The number of rotatable bonds is 5. The van der Waals surface area contributed by atoms with E-state index in [1.807, 2.05) is 26.0 Å². The van der Waals surface area contributed by atoms with Crippen LogP contribution in [-0.4, -0.2) is 41.9 Å². The lowest BCUT2D eigenvalue weighted by Crippen LogP contribution is -2.41. The quantitative estimate of drug-likeness (QED) is 0.818. The van der Waals surface area contributed by atoms with Gasteiger partial charge in [-0.25, -0.2) is 18.4 Å². The summed E-state index contributed by atoms with van der Waals surface area (Å²) < 4.78 is 32.7. The molecule has 0 spiro atoms. The van der Waals surface area contributed by atoms with Gasteiger partial charge in [0.1, 0.15) is 6.10 Å². The second kappa shape index (κ2) is 7.49. The van der Waals surface area contributed by atoms with Gasteiger partial charge in [0.2, 0.25) is 10.0 Å². The maximum Gasteiger partial charge on any atom is 0.316 e. The van der Waals surface area contributed by atoms with Gasteiger partial charge in [-0.2, -0.15) is 4.31 Å². The van der Waals surface area contributed by atoms with Crippen LogP contribution in [0, 0.1) is 6.92 Å². The first kappa shape index (κ1) is 17.8. The van der Waals surface area contributed by atoms with Crippen LogP contribution in [0.1, 0.15) is 30.9 Å². The van der Waals surface area contributed by atoms with Crippen LogP contribution >= 0.6 is 0 Å². The molecule has 0 unspecified atom stereocenters. The number of ether oxygens (including phenoxy) is 1. The molecule has 0 bridgehead atoms. The summed E-state index contributed by atoms with van der Waals surface area (Å²) in [5, 5.41) is 0. The Morgan fingerprint density at radius 3 is 2.28 bits per heavy atom. The van der Waals surface area contributed by atoms with Gasteiger partial charge in [0.25, 0.3) is 0 Å². The van der Waals surface area contributed by atoms with Crippen molar-refractivity contribution >= 4 is 10.0 Å². The van der Waals surface area contributed by atoms with Gasteiger partial charge in [-0.15, -0.1) is 0 Å². The smallest absolute Gasteiger partial charge is 0.316 e. The van der Waals surface area contributed by atoms with E-state index >= 15 is 0 Å². The molecule has 2 heterocycles. The molecule has 1 fully saturated rings. The molecule has 1 aliphatic rings. The highest BCUT2D eigenvalue weighted by atomic mass is 32.2. The molecule has 3 rings (SSSR count). The van der Waals surface area contributed by atoms with Gasteiger partial charge in [-0.1, -0.05) is 24.6 Å². The second-order valence-electron chi connectivity index (χ2n) is 6.26. The lowest BCUT2D eigenvalue weighted by Gasteiger charge is -2.30. The number of nitrogens with zero attached hydrogens (tertiary/aromatic N) is 3. The Kier molecular flexibility index (Phi) is 5.34. The lowest BCUT2D eigenvalue weighted by atomic mass is 10.1. The molecular formula is C18H23N3O3S. The Labute approximate surface area is 148 Å². The molecule has 2 aromatic rings. The predicted octanol–water partition coefficient (Wildman–Crippen LogP) is 2.58. The van der Waals surface area contributed by atoms with Gasteiger partial charge < -0.3 is 4.74 Å². The second-order valence-corrected chi connectivity index (χ2v) is 8.20. The largest absolute Gasteiger partial charge is 0.460 e. The number of sulfonamides is 1. The first-order valence-corrected chi connectivity index (χ1v) is 9.97. The van der Waals surface area contributed by atoms with Crippen molar-refractivity contribution in [2.45, 2.75) is 44.1 Å². The highest BCUT2D eigenvalue weighted by molar-refractivity contribution is 7.89. The van der Waals surface area contributed by atoms with Gasteiger partial charge >= 0.3 is 6.01 Å². The molecule has 0 amide bonds. The van der Waals surface area contributed by atoms with Crippen molar-refractivity contribution in [3.8, 4) is 6.01 Å². The highest BCUT2D eigenvalue weighted by Gasteiger charge is 2.30. The molecule has 0 N–H and O–H groups in total. The molecule has 7 heteroatoms. The molecular weight excluding hydrogens is 338 g/mol. The van der Waals surface area contributed by atoms with Crippen LogP contribution in [0.2, 0.25) is 0 Å². The highest BCUT2D eigenvalue weighted by Crippen LogP contribution is 2.23. The summed E-state index contributed by atoms with van der Waals surface area (Å²) in [4.78, 5) is 8.75. The SMILES string of the molecule is CCc1cnc(OC2CCN(S(=O)(=O)c3ccc(C)cc3)CC2)nc1. The van der Waals surface area contributed by atoms with Crippen LogP contribution in [0.5, 0.6) is 6.01 Å². The standard InChI is InChI=1S/C18H23N3O3S/c1-3-15-12-19-18(20-13-15)24-16-8-10-21(11-9-16)25(22,23)17-6-4-14(2)5-7-17/h4-7,12-13,16H,3,8-11H2,1-2H3. The van der Waals surface area contributed by atoms with Crippen LogP contribution in [0.3, 0.4) is 0 Å². The fraction of sp³-hybridized carbons (Fsp3) is 0.444. The molecule has 6 nitrogen and oxygen atoms in total. The Morgan fingerprint density at radius 2 is 1.72 bits per heavy atom. The maximum absolute atomic E-state index is 12.7. The third kappa shape index (κ3) is 4.16. The average Bonchev–Trinajstić information content (AvgIpc) is 2.63. The van der Waals surface area contributed by atoms with E-state index in [1.165, 1.54) is 4.31 Å². The van der Waals surface area contributed by atoms with Crippen LogP contribution < -0.4 is 4.74 Å². The monoisotopic (exact) mass is 361 g/mol. The zero-order valence-corrected chi connectivity index (χ0v) is 15.4.